The van der Waals surface area contributed by atoms with Crippen LogP contribution in [0.3, 0.4) is 0 Å². The van der Waals surface area contributed by atoms with Crippen LogP contribution in [-0.2, 0) is 14.8 Å². The van der Waals surface area contributed by atoms with E-state index in [2.05, 4.69) is 4.72 Å². The van der Waals surface area contributed by atoms with Gasteiger partial charge in [0.1, 0.15) is 18.1 Å². The number of hydrogen-bond donors (Lipinski definition) is 1. The van der Waals surface area contributed by atoms with E-state index < -0.39 is 10.0 Å². The van der Waals surface area contributed by atoms with Crippen molar-refractivity contribution in [3.05, 3.63) is 48.5 Å². The summed E-state index contributed by atoms with van der Waals surface area (Å²) in [6, 6.07) is 13.0. The zero-order valence-electron chi connectivity index (χ0n) is 13.0. The Bertz CT molecular complexity index is 728. The van der Waals surface area contributed by atoms with Crippen molar-refractivity contribution in [3.63, 3.8) is 0 Å². The van der Waals surface area contributed by atoms with Gasteiger partial charge in [0.25, 0.3) is 10.0 Å². The predicted molar refractivity (Wildman–Crippen MR) is 87.6 cm³/mol. The topological polar surface area (TPSA) is 73.9 Å². The molecular weight excluding hydrogens is 318 g/mol. The van der Waals surface area contributed by atoms with Gasteiger partial charge in [-0.1, -0.05) is 12.1 Å². The molecule has 0 aliphatic heterocycles. The molecule has 0 aromatic heterocycles. The minimum atomic E-state index is -3.70. The van der Waals surface area contributed by atoms with Crippen molar-refractivity contribution in [2.75, 3.05) is 32.2 Å². The highest BCUT2D eigenvalue weighted by Gasteiger charge is 2.16. The van der Waals surface area contributed by atoms with Gasteiger partial charge in [-0.25, -0.2) is 8.42 Å². The van der Waals surface area contributed by atoms with Crippen LogP contribution in [0, 0.1) is 0 Å². The molecule has 0 aliphatic carbocycles. The molecule has 7 heteroatoms. The summed E-state index contributed by atoms with van der Waals surface area (Å²) in [6.07, 6.45) is 0. The van der Waals surface area contributed by atoms with Crippen molar-refractivity contribution < 1.29 is 22.6 Å². The van der Waals surface area contributed by atoms with E-state index in [1.54, 1.807) is 43.5 Å². The molecule has 0 spiro atoms. The third kappa shape index (κ3) is 4.61. The highest BCUT2D eigenvalue weighted by Crippen LogP contribution is 2.26. The van der Waals surface area contributed by atoms with Gasteiger partial charge < -0.3 is 14.2 Å². The summed E-state index contributed by atoms with van der Waals surface area (Å²) in [5.74, 6) is 1.04. The molecule has 2 aromatic rings. The molecule has 6 nitrogen and oxygen atoms in total. The standard InChI is InChI=1S/C16H19NO5S/c1-20-11-12-22-13-7-9-14(10-8-13)23(18,19)17-15-5-3-4-6-16(15)21-2/h3-10,17H,11-12H2,1-2H3. The molecule has 0 radical (unpaired) electrons. The van der Waals surface area contributed by atoms with Gasteiger partial charge in [-0.2, -0.15) is 0 Å². The molecule has 0 bridgehead atoms. The number of anilines is 1. The summed E-state index contributed by atoms with van der Waals surface area (Å²) in [4.78, 5) is 0.141. The third-order valence-corrected chi connectivity index (χ3v) is 4.42. The van der Waals surface area contributed by atoms with Gasteiger partial charge in [0, 0.05) is 7.11 Å². The molecule has 124 valence electrons. The number of sulfonamides is 1. The van der Waals surface area contributed by atoms with Crippen LogP contribution in [0.25, 0.3) is 0 Å². The second-order valence-corrected chi connectivity index (χ2v) is 6.30. The number of para-hydroxylation sites is 2. The molecule has 0 fully saturated rings. The first-order chi connectivity index (χ1) is 11.1. The molecule has 0 amide bonds. The van der Waals surface area contributed by atoms with Gasteiger partial charge in [0.05, 0.1) is 24.3 Å². The van der Waals surface area contributed by atoms with E-state index >= 15 is 0 Å². The average molecular weight is 337 g/mol. The average Bonchev–Trinajstić information content (AvgIpc) is 2.56. The number of rotatable bonds is 8. The smallest absolute Gasteiger partial charge is 0.262 e. The van der Waals surface area contributed by atoms with Crippen LogP contribution >= 0.6 is 0 Å². The summed E-state index contributed by atoms with van der Waals surface area (Å²) in [5.41, 5.74) is 0.385. The summed E-state index contributed by atoms with van der Waals surface area (Å²) in [5, 5.41) is 0. The monoisotopic (exact) mass is 337 g/mol. The molecule has 1 N–H and O–H groups in total. The number of hydrogen-bond acceptors (Lipinski definition) is 5. The molecule has 2 aromatic carbocycles. The Morgan fingerprint density at radius 2 is 1.65 bits per heavy atom. The Morgan fingerprint density at radius 3 is 2.30 bits per heavy atom. The fraction of sp³-hybridized carbons (Fsp3) is 0.250. The van der Waals surface area contributed by atoms with E-state index in [1.165, 1.54) is 19.2 Å². The first kappa shape index (κ1) is 17.1. The first-order valence-electron chi connectivity index (χ1n) is 6.94. The van der Waals surface area contributed by atoms with Crippen molar-refractivity contribution >= 4 is 15.7 Å². The summed E-state index contributed by atoms with van der Waals surface area (Å²) >= 11 is 0. The Hall–Kier alpha value is -2.25. The maximum absolute atomic E-state index is 12.4. The van der Waals surface area contributed by atoms with E-state index in [0.29, 0.717) is 30.4 Å². The summed E-state index contributed by atoms with van der Waals surface area (Å²) in [6.45, 7) is 0.872. The second kappa shape index (κ2) is 7.85. The molecule has 0 atom stereocenters. The highest BCUT2D eigenvalue weighted by molar-refractivity contribution is 7.92. The maximum atomic E-state index is 12.4. The largest absolute Gasteiger partial charge is 0.495 e. The molecule has 23 heavy (non-hydrogen) atoms. The second-order valence-electron chi connectivity index (χ2n) is 4.62. The number of methoxy groups -OCH3 is 2. The van der Waals surface area contributed by atoms with Gasteiger partial charge in [-0.3, -0.25) is 4.72 Å². The van der Waals surface area contributed by atoms with Crippen LogP contribution in [0.5, 0.6) is 11.5 Å². The molecule has 0 heterocycles. The van der Waals surface area contributed by atoms with Crippen LogP contribution in [-0.4, -0.2) is 35.9 Å². The minimum absolute atomic E-state index is 0.141. The van der Waals surface area contributed by atoms with Gasteiger partial charge in [-0.05, 0) is 36.4 Å². The lowest BCUT2D eigenvalue weighted by Gasteiger charge is -2.12. The number of benzene rings is 2. The van der Waals surface area contributed by atoms with Gasteiger partial charge in [0.15, 0.2) is 0 Å². The predicted octanol–water partition coefficient (Wildman–Crippen LogP) is 2.52. The van der Waals surface area contributed by atoms with E-state index in [0.717, 1.165) is 0 Å². The van der Waals surface area contributed by atoms with E-state index in [9.17, 15) is 8.42 Å². The SMILES string of the molecule is COCCOc1ccc(S(=O)(=O)Nc2ccccc2OC)cc1. The van der Waals surface area contributed by atoms with Crippen molar-refractivity contribution in [3.8, 4) is 11.5 Å². The summed E-state index contributed by atoms with van der Waals surface area (Å²) < 4.78 is 42.8. The van der Waals surface area contributed by atoms with E-state index in [1.807, 2.05) is 0 Å². The summed E-state index contributed by atoms with van der Waals surface area (Å²) in [7, 11) is -0.627. The zero-order chi connectivity index (χ0) is 16.7. The highest BCUT2D eigenvalue weighted by atomic mass is 32.2. The fourth-order valence-corrected chi connectivity index (χ4v) is 2.96. The van der Waals surface area contributed by atoms with E-state index in [-0.39, 0.29) is 4.90 Å². The van der Waals surface area contributed by atoms with E-state index in [4.69, 9.17) is 14.2 Å². The fourth-order valence-electron chi connectivity index (χ4n) is 1.89. The Balaban J connectivity index is 2.13. The van der Waals surface area contributed by atoms with Crippen LogP contribution in [0.15, 0.2) is 53.4 Å². The lowest BCUT2D eigenvalue weighted by Crippen LogP contribution is -2.13. The molecule has 0 saturated carbocycles. The first-order valence-corrected chi connectivity index (χ1v) is 8.43. The molecular formula is C16H19NO5S. The van der Waals surface area contributed by atoms with Crippen LogP contribution in [0.2, 0.25) is 0 Å². The minimum Gasteiger partial charge on any atom is -0.495 e. The van der Waals surface area contributed by atoms with Gasteiger partial charge >= 0.3 is 0 Å². The molecule has 0 aliphatic rings. The zero-order valence-corrected chi connectivity index (χ0v) is 13.8. The van der Waals surface area contributed by atoms with Crippen molar-refractivity contribution in [1.29, 1.82) is 0 Å². The van der Waals surface area contributed by atoms with Crippen molar-refractivity contribution in [1.82, 2.24) is 0 Å². The third-order valence-electron chi connectivity index (χ3n) is 3.04. The van der Waals surface area contributed by atoms with Crippen molar-refractivity contribution in [2.45, 2.75) is 4.90 Å². The van der Waals surface area contributed by atoms with Crippen molar-refractivity contribution in [2.24, 2.45) is 0 Å². The lowest BCUT2D eigenvalue weighted by molar-refractivity contribution is 0.146. The number of ether oxygens (including phenoxy) is 3. The van der Waals surface area contributed by atoms with Crippen LogP contribution in [0.4, 0.5) is 5.69 Å². The lowest BCUT2D eigenvalue weighted by atomic mass is 10.3. The normalized spacial score (nSPS) is 11.0. The molecule has 2 rings (SSSR count). The molecule has 0 saturated heterocycles. The number of nitrogens with one attached hydrogen (secondary N) is 1. The van der Waals surface area contributed by atoms with Crippen LogP contribution < -0.4 is 14.2 Å². The van der Waals surface area contributed by atoms with Gasteiger partial charge in [0.2, 0.25) is 0 Å². The Morgan fingerprint density at radius 1 is 0.957 bits per heavy atom. The Kier molecular flexibility index (Phi) is 5.84. The molecule has 0 unspecified atom stereocenters. The van der Waals surface area contributed by atoms with Crippen LogP contribution in [0.1, 0.15) is 0 Å². The van der Waals surface area contributed by atoms with Gasteiger partial charge in [-0.15, -0.1) is 0 Å². The quantitative estimate of drug-likeness (QED) is 0.749. The maximum Gasteiger partial charge on any atom is 0.262 e. The Labute approximate surface area is 136 Å².